The molecule has 12 heteroatoms. The van der Waals surface area contributed by atoms with Crippen molar-refractivity contribution in [3.05, 3.63) is 69.0 Å². The minimum Gasteiger partial charge on any atom is -0.384 e. The summed E-state index contributed by atoms with van der Waals surface area (Å²) in [5, 5.41) is 5.69. The van der Waals surface area contributed by atoms with Crippen LogP contribution in [0.25, 0.3) is 0 Å². The van der Waals surface area contributed by atoms with E-state index in [-0.39, 0.29) is 23.9 Å². The molecule has 36 heavy (non-hydrogen) atoms. The van der Waals surface area contributed by atoms with Crippen molar-refractivity contribution in [3.63, 3.8) is 0 Å². The first-order valence-corrected chi connectivity index (χ1v) is 13.3. The van der Waals surface area contributed by atoms with E-state index in [1.807, 2.05) is 0 Å². The van der Waals surface area contributed by atoms with Gasteiger partial charge in [0.25, 0.3) is 5.91 Å². The average Bonchev–Trinajstić information content (AvgIpc) is 3.13. The summed E-state index contributed by atoms with van der Waals surface area (Å²) in [5.74, 6) is -1.35. The molecule has 1 heterocycles. The number of benzene rings is 2. The van der Waals surface area contributed by atoms with Crippen molar-refractivity contribution >= 4 is 33.1 Å². The Hall–Kier alpha value is -2.66. The van der Waals surface area contributed by atoms with Crippen molar-refractivity contribution in [1.29, 1.82) is 0 Å². The highest BCUT2D eigenvalue weighted by Gasteiger charge is 2.42. The standard InChI is InChI=1S/C24H23ClF4N2O4S/c1-12-6-13(4-5-17(12)22(32)30-15-9-16(10-15)36(3,33)34)20-11-23(2,35-31-20)18-7-14(24(27,28)29)8-19(25)21(18)26/h4-8,15-16H,9-11H2,1-3H3,(H,30,32)/t15-,16+,23?. The largest absolute Gasteiger partial charge is 0.416 e. The van der Waals surface area contributed by atoms with Crippen LogP contribution < -0.4 is 5.32 Å². The van der Waals surface area contributed by atoms with Gasteiger partial charge >= 0.3 is 6.18 Å². The number of nitrogens with one attached hydrogen (secondary N) is 1. The molecule has 1 atom stereocenters. The molecule has 0 spiro atoms. The van der Waals surface area contributed by atoms with E-state index in [1.54, 1.807) is 25.1 Å². The third kappa shape index (κ3) is 5.08. The molecule has 0 radical (unpaired) electrons. The molecule has 0 bridgehead atoms. The maximum Gasteiger partial charge on any atom is 0.416 e. The van der Waals surface area contributed by atoms with Crippen LogP contribution in [-0.2, 0) is 26.5 Å². The summed E-state index contributed by atoms with van der Waals surface area (Å²) in [6.45, 7) is 3.13. The van der Waals surface area contributed by atoms with Crippen LogP contribution in [0.1, 0.15) is 58.8 Å². The molecule has 194 valence electrons. The van der Waals surface area contributed by atoms with Crippen LogP contribution in [0.15, 0.2) is 35.5 Å². The predicted molar refractivity (Wildman–Crippen MR) is 126 cm³/mol. The Kier molecular flexibility index (Phi) is 6.62. The Morgan fingerprint density at radius 2 is 1.89 bits per heavy atom. The first kappa shape index (κ1) is 26.4. The number of halogens is 5. The van der Waals surface area contributed by atoms with Gasteiger partial charge in [0.15, 0.2) is 5.60 Å². The molecule has 1 amide bonds. The number of amides is 1. The van der Waals surface area contributed by atoms with E-state index < -0.39 is 43.3 Å². The fourth-order valence-electron chi connectivity index (χ4n) is 4.37. The minimum absolute atomic E-state index is 0.0263. The van der Waals surface area contributed by atoms with Crippen molar-refractivity contribution in [1.82, 2.24) is 5.32 Å². The number of rotatable bonds is 5. The van der Waals surface area contributed by atoms with Gasteiger partial charge in [0.2, 0.25) is 0 Å². The maximum atomic E-state index is 14.7. The van der Waals surface area contributed by atoms with Crippen molar-refractivity contribution in [2.75, 3.05) is 6.26 Å². The van der Waals surface area contributed by atoms with Crippen LogP contribution in [0, 0.1) is 12.7 Å². The molecule has 0 aromatic heterocycles. The number of carbonyl (C=O) groups is 1. The van der Waals surface area contributed by atoms with Crippen molar-refractivity contribution in [2.24, 2.45) is 5.16 Å². The molecule has 1 saturated carbocycles. The summed E-state index contributed by atoms with van der Waals surface area (Å²) in [7, 11) is -3.13. The summed E-state index contributed by atoms with van der Waals surface area (Å²) in [5.41, 5.74) is -1.05. The molecular formula is C24H23ClF4N2O4S. The van der Waals surface area contributed by atoms with Crippen molar-refractivity contribution < 1.29 is 35.6 Å². The molecule has 1 aliphatic heterocycles. The topological polar surface area (TPSA) is 84.8 Å². The molecular weight excluding hydrogens is 524 g/mol. The quantitative estimate of drug-likeness (QED) is 0.526. The smallest absolute Gasteiger partial charge is 0.384 e. The summed E-state index contributed by atoms with van der Waals surface area (Å²) < 4.78 is 77.6. The van der Waals surface area contributed by atoms with Gasteiger partial charge in [0, 0.05) is 29.8 Å². The van der Waals surface area contributed by atoms with E-state index in [9.17, 15) is 30.8 Å². The van der Waals surface area contributed by atoms with Crippen LogP contribution in [-0.4, -0.2) is 37.6 Å². The molecule has 2 aromatic carbocycles. The van der Waals surface area contributed by atoms with Gasteiger partial charge in [-0.05, 0) is 62.1 Å². The molecule has 1 N–H and O–H groups in total. The van der Waals surface area contributed by atoms with Gasteiger partial charge in [0.1, 0.15) is 15.7 Å². The number of sulfone groups is 1. The number of nitrogens with zero attached hydrogens (tertiary/aromatic N) is 1. The molecule has 1 aliphatic carbocycles. The lowest BCUT2D eigenvalue weighted by molar-refractivity contribution is -0.137. The van der Waals surface area contributed by atoms with Gasteiger partial charge < -0.3 is 10.2 Å². The van der Waals surface area contributed by atoms with Gasteiger partial charge in [-0.15, -0.1) is 0 Å². The highest BCUT2D eigenvalue weighted by atomic mass is 35.5. The molecule has 1 fully saturated rings. The Labute approximate surface area is 210 Å². The fourth-order valence-corrected chi connectivity index (χ4v) is 5.75. The summed E-state index contributed by atoms with van der Waals surface area (Å²) in [4.78, 5) is 18.1. The minimum atomic E-state index is -4.72. The second kappa shape index (κ2) is 9.02. The lowest BCUT2D eigenvalue weighted by atomic mass is 9.87. The first-order valence-electron chi connectivity index (χ1n) is 11.0. The van der Waals surface area contributed by atoms with Crippen LogP contribution in [0.3, 0.4) is 0 Å². The predicted octanol–water partition coefficient (Wildman–Crippen LogP) is 5.15. The zero-order valence-electron chi connectivity index (χ0n) is 19.5. The monoisotopic (exact) mass is 546 g/mol. The van der Waals surface area contributed by atoms with Gasteiger partial charge in [-0.2, -0.15) is 13.2 Å². The Balaban J connectivity index is 1.49. The lowest BCUT2D eigenvalue weighted by Crippen LogP contribution is -2.49. The number of aryl methyl sites for hydroxylation is 1. The Morgan fingerprint density at radius 3 is 2.47 bits per heavy atom. The highest BCUT2D eigenvalue weighted by Crippen LogP contribution is 2.42. The zero-order valence-corrected chi connectivity index (χ0v) is 21.1. The Morgan fingerprint density at radius 1 is 1.22 bits per heavy atom. The molecule has 1 unspecified atom stereocenters. The number of hydrogen-bond donors (Lipinski definition) is 1. The summed E-state index contributed by atoms with van der Waals surface area (Å²) in [6.07, 6.45) is -2.84. The maximum absolute atomic E-state index is 14.7. The van der Waals surface area contributed by atoms with Gasteiger partial charge in [-0.1, -0.05) is 22.8 Å². The molecule has 6 nitrogen and oxygen atoms in total. The van der Waals surface area contributed by atoms with E-state index in [1.165, 1.54) is 13.2 Å². The van der Waals surface area contributed by atoms with Crippen LogP contribution in [0.4, 0.5) is 17.6 Å². The zero-order chi connectivity index (χ0) is 26.6. The average molecular weight is 547 g/mol. The SMILES string of the molecule is Cc1cc(C2=NOC(C)(c3cc(C(F)(F)F)cc(Cl)c3F)C2)ccc1C(=O)N[C@H]1C[C@@H](S(C)(=O)=O)C1. The molecule has 4 rings (SSSR count). The molecule has 0 saturated heterocycles. The highest BCUT2D eigenvalue weighted by molar-refractivity contribution is 7.91. The number of alkyl halides is 3. The molecule has 2 aliphatic rings. The number of hydrogen-bond acceptors (Lipinski definition) is 5. The van der Waals surface area contributed by atoms with Gasteiger partial charge in [-0.25, -0.2) is 12.8 Å². The van der Waals surface area contributed by atoms with Crippen molar-refractivity contribution in [2.45, 2.75) is 56.2 Å². The second-order valence-electron chi connectivity index (χ2n) is 9.48. The van der Waals surface area contributed by atoms with E-state index >= 15 is 0 Å². The first-order chi connectivity index (χ1) is 16.6. The summed E-state index contributed by atoms with van der Waals surface area (Å²) in [6, 6.07) is 5.85. The van der Waals surface area contributed by atoms with E-state index in [0.717, 1.165) is 0 Å². The third-order valence-electron chi connectivity index (χ3n) is 6.63. The van der Waals surface area contributed by atoms with E-state index in [4.69, 9.17) is 16.4 Å². The van der Waals surface area contributed by atoms with Crippen LogP contribution >= 0.6 is 11.6 Å². The van der Waals surface area contributed by atoms with Gasteiger partial charge in [-0.3, -0.25) is 4.79 Å². The van der Waals surface area contributed by atoms with Crippen LogP contribution in [0.5, 0.6) is 0 Å². The normalized spacial score (nSPS) is 24.1. The second-order valence-corrected chi connectivity index (χ2v) is 12.2. The summed E-state index contributed by atoms with van der Waals surface area (Å²) >= 11 is 5.73. The van der Waals surface area contributed by atoms with E-state index in [2.05, 4.69) is 10.5 Å². The fraction of sp³-hybridized carbons (Fsp3) is 0.417. The van der Waals surface area contributed by atoms with Crippen LogP contribution in [0.2, 0.25) is 5.02 Å². The van der Waals surface area contributed by atoms with Gasteiger partial charge in [0.05, 0.1) is 21.5 Å². The number of carbonyl (C=O) groups excluding carboxylic acids is 1. The van der Waals surface area contributed by atoms with E-state index in [0.29, 0.717) is 47.4 Å². The van der Waals surface area contributed by atoms with Crippen molar-refractivity contribution in [3.8, 4) is 0 Å². The lowest BCUT2D eigenvalue weighted by Gasteiger charge is -2.34. The number of oxime groups is 1. The third-order valence-corrected chi connectivity index (χ3v) is 8.50. The molecule has 2 aromatic rings. The Bertz CT molecular complexity index is 1370.